The highest BCUT2D eigenvalue weighted by molar-refractivity contribution is 5.85. The van der Waals surface area contributed by atoms with E-state index in [-0.39, 0.29) is 12.4 Å². The molecular weight excluding hydrogens is 146 g/mol. The molecule has 0 aromatic rings. The molecule has 0 rings (SSSR count). The zero-order valence-electron chi connectivity index (χ0n) is 3.53. The van der Waals surface area contributed by atoms with Crippen LogP contribution in [0.2, 0.25) is 0 Å². The van der Waals surface area contributed by atoms with Gasteiger partial charge in [0, 0.05) is 0 Å². The number of hydrogen-bond donors (Lipinski definition) is 1. The molecule has 6 heteroatoms. The van der Waals surface area contributed by atoms with E-state index in [0.29, 0.717) is 0 Å². The molecule has 0 bridgehead atoms. The predicted octanol–water partition coefficient (Wildman–Crippen LogP) is 0.456. The molecule has 0 aliphatic carbocycles. The summed E-state index contributed by atoms with van der Waals surface area (Å²) in [5.41, 5.74) is 3.81. The van der Waals surface area contributed by atoms with Crippen LogP contribution < -0.4 is 5.73 Å². The van der Waals surface area contributed by atoms with Gasteiger partial charge >= 0.3 is 12.1 Å². The van der Waals surface area contributed by atoms with Gasteiger partial charge in [0.25, 0.3) is 0 Å². The Labute approximate surface area is 49.3 Å². The van der Waals surface area contributed by atoms with Crippen LogP contribution in [0.1, 0.15) is 0 Å². The van der Waals surface area contributed by atoms with Crippen LogP contribution in [-0.4, -0.2) is 12.1 Å². The number of rotatable bonds is 0. The monoisotopic (exact) mass is 149 g/mol. The SMILES string of the molecule is Cl.NC(=O)C(F)(F)F. The summed E-state index contributed by atoms with van der Waals surface area (Å²) < 4.78 is 32.1. The molecule has 0 fully saturated rings. The number of primary amides is 1. The van der Waals surface area contributed by atoms with Gasteiger partial charge in [-0.15, -0.1) is 12.4 Å². The van der Waals surface area contributed by atoms with Crippen LogP contribution in [-0.2, 0) is 4.79 Å². The average Bonchev–Trinajstić information content (AvgIpc) is 1.31. The Bertz CT molecular complexity index is 89.8. The molecule has 0 aromatic heterocycles. The topological polar surface area (TPSA) is 43.1 Å². The number of carbonyl (C=O) groups excluding carboxylic acids is 1. The van der Waals surface area contributed by atoms with Crippen LogP contribution in [0.5, 0.6) is 0 Å². The molecule has 0 saturated carbocycles. The molecule has 50 valence electrons. The summed E-state index contributed by atoms with van der Waals surface area (Å²) >= 11 is 0. The van der Waals surface area contributed by atoms with Crippen LogP contribution in [0.3, 0.4) is 0 Å². The molecule has 0 aromatic carbocycles. The van der Waals surface area contributed by atoms with Gasteiger partial charge in [-0.2, -0.15) is 13.2 Å². The zero-order chi connectivity index (χ0) is 6.08. The second-order valence-corrected chi connectivity index (χ2v) is 0.862. The van der Waals surface area contributed by atoms with Gasteiger partial charge in [-0.05, 0) is 0 Å². The number of halogens is 4. The highest BCUT2D eigenvalue weighted by atomic mass is 35.5. The second-order valence-electron chi connectivity index (χ2n) is 0.862. The van der Waals surface area contributed by atoms with E-state index >= 15 is 0 Å². The molecule has 0 aliphatic rings. The Kier molecular flexibility index (Phi) is 3.63. The third-order valence-corrected chi connectivity index (χ3v) is 0.279. The molecule has 0 heterocycles. The van der Waals surface area contributed by atoms with Crippen molar-refractivity contribution in [1.82, 2.24) is 0 Å². The summed E-state index contributed by atoms with van der Waals surface area (Å²) in [6.07, 6.45) is -4.86. The number of carbonyl (C=O) groups is 1. The van der Waals surface area contributed by atoms with Gasteiger partial charge in [-0.1, -0.05) is 0 Å². The minimum absolute atomic E-state index is 0. The van der Waals surface area contributed by atoms with Gasteiger partial charge in [0.1, 0.15) is 0 Å². The lowest BCUT2D eigenvalue weighted by Gasteiger charge is -1.95. The summed E-state index contributed by atoms with van der Waals surface area (Å²) in [6, 6.07) is 0. The lowest BCUT2D eigenvalue weighted by atomic mass is 10.6. The van der Waals surface area contributed by atoms with Crippen LogP contribution in [0.15, 0.2) is 0 Å². The highest BCUT2D eigenvalue weighted by Crippen LogP contribution is 2.11. The van der Waals surface area contributed by atoms with Gasteiger partial charge in [-0.3, -0.25) is 4.79 Å². The molecule has 1 amide bonds. The van der Waals surface area contributed by atoms with Crippen LogP contribution in [0.4, 0.5) is 13.2 Å². The first-order chi connectivity index (χ1) is 2.94. The molecule has 0 spiro atoms. The van der Waals surface area contributed by atoms with Gasteiger partial charge in [0.05, 0.1) is 0 Å². The second kappa shape index (κ2) is 2.76. The Balaban J connectivity index is 0. The molecular formula is C2H3ClF3NO. The van der Waals surface area contributed by atoms with E-state index in [0.717, 1.165) is 0 Å². The first-order valence-corrected chi connectivity index (χ1v) is 1.31. The summed E-state index contributed by atoms with van der Waals surface area (Å²) in [5.74, 6) is -2.26. The van der Waals surface area contributed by atoms with E-state index in [1.54, 1.807) is 0 Å². The van der Waals surface area contributed by atoms with Crippen LogP contribution >= 0.6 is 12.4 Å². The zero-order valence-corrected chi connectivity index (χ0v) is 4.34. The lowest BCUT2D eigenvalue weighted by Crippen LogP contribution is -2.30. The smallest absolute Gasteiger partial charge is 0.362 e. The average molecular weight is 149 g/mol. The molecule has 0 aliphatic heterocycles. The van der Waals surface area contributed by atoms with Crippen LogP contribution in [0.25, 0.3) is 0 Å². The van der Waals surface area contributed by atoms with E-state index in [4.69, 9.17) is 4.79 Å². The molecule has 0 unspecified atom stereocenters. The lowest BCUT2D eigenvalue weighted by molar-refractivity contribution is -0.169. The standard InChI is InChI=1S/C2H2F3NO.ClH/c3-2(4,5)1(6)7;/h(H2,6,7);1H. The molecule has 2 nitrogen and oxygen atoms in total. The van der Waals surface area contributed by atoms with Crippen molar-refractivity contribution in [2.24, 2.45) is 5.73 Å². The van der Waals surface area contributed by atoms with E-state index in [2.05, 4.69) is 5.73 Å². The number of amides is 1. The molecule has 2 N–H and O–H groups in total. The van der Waals surface area contributed by atoms with Gasteiger partial charge < -0.3 is 5.73 Å². The molecule has 0 radical (unpaired) electrons. The fraction of sp³-hybridized carbons (Fsp3) is 0.500. The van der Waals surface area contributed by atoms with Crippen LogP contribution in [0, 0.1) is 0 Å². The molecule has 8 heavy (non-hydrogen) atoms. The highest BCUT2D eigenvalue weighted by Gasteiger charge is 2.35. The van der Waals surface area contributed by atoms with Gasteiger partial charge in [0.2, 0.25) is 0 Å². The van der Waals surface area contributed by atoms with E-state index < -0.39 is 12.1 Å². The predicted molar refractivity (Wildman–Crippen MR) is 22.5 cm³/mol. The molecule has 0 saturated heterocycles. The van der Waals surface area contributed by atoms with Gasteiger partial charge in [0.15, 0.2) is 0 Å². The first kappa shape index (κ1) is 10.5. The normalized spacial score (nSPS) is 9.88. The van der Waals surface area contributed by atoms with E-state index in [9.17, 15) is 13.2 Å². The summed E-state index contributed by atoms with van der Waals surface area (Å²) in [7, 11) is 0. The van der Waals surface area contributed by atoms with Crippen molar-refractivity contribution < 1.29 is 18.0 Å². The maximum absolute atomic E-state index is 10.7. The summed E-state index contributed by atoms with van der Waals surface area (Å²) in [6.45, 7) is 0. The van der Waals surface area contributed by atoms with E-state index in [1.165, 1.54) is 0 Å². The maximum Gasteiger partial charge on any atom is 0.470 e. The van der Waals surface area contributed by atoms with Crippen molar-refractivity contribution >= 4 is 18.3 Å². The Morgan fingerprint density at radius 3 is 1.50 bits per heavy atom. The Morgan fingerprint density at radius 1 is 1.38 bits per heavy atom. The van der Waals surface area contributed by atoms with E-state index in [1.807, 2.05) is 0 Å². The third kappa shape index (κ3) is 3.73. The Hall–Kier alpha value is -0.450. The fourth-order valence-corrected chi connectivity index (χ4v) is 0. The maximum atomic E-state index is 10.7. The molecule has 0 atom stereocenters. The third-order valence-electron chi connectivity index (χ3n) is 0.279. The Morgan fingerprint density at radius 2 is 1.50 bits per heavy atom. The van der Waals surface area contributed by atoms with Crippen molar-refractivity contribution in [3.05, 3.63) is 0 Å². The summed E-state index contributed by atoms with van der Waals surface area (Å²) in [5, 5.41) is 0. The first-order valence-electron chi connectivity index (χ1n) is 1.31. The summed E-state index contributed by atoms with van der Waals surface area (Å²) in [4.78, 5) is 9.12. The number of nitrogens with two attached hydrogens (primary N) is 1. The largest absolute Gasteiger partial charge is 0.470 e. The number of alkyl halides is 3. The minimum atomic E-state index is -4.86. The van der Waals surface area contributed by atoms with Crippen molar-refractivity contribution in [3.8, 4) is 0 Å². The fourth-order valence-electron chi connectivity index (χ4n) is 0. The quantitative estimate of drug-likeness (QED) is 0.534. The van der Waals surface area contributed by atoms with Crippen molar-refractivity contribution in [2.75, 3.05) is 0 Å². The van der Waals surface area contributed by atoms with Crippen molar-refractivity contribution in [3.63, 3.8) is 0 Å². The number of hydrogen-bond acceptors (Lipinski definition) is 1. The van der Waals surface area contributed by atoms with Gasteiger partial charge in [-0.25, -0.2) is 0 Å². The van der Waals surface area contributed by atoms with Crippen molar-refractivity contribution in [1.29, 1.82) is 0 Å². The minimum Gasteiger partial charge on any atom is -0.362 e. The van der Waals surface area contributed by atoms with Crippen molar-refractivity contribution in [2.45, 2.75) is 6.18 Å².